The molecule has 3 atom stereocenters. The van der Waals surface area contributed by atoms with Crippen LogP contribution in [-0.4, -0.2) is 21.1 Å². The van der Waals surface area contributed by atoms with Crippen molar-refractivity contribution in [2.75, 3.05) is 0 Å². The summed E-state index contributed by atoms with van der Waals surface area (Å²) in [6.07, 6.45) is 0.554. The van der Waals surface area contributed by atoms with Crippen molar-refractivity contribution in [1.82, 2.24) is 15.3 Å². The Morgan fingerprint density at radius 2 is 1.85 bits per heavy atom. The third-order valence-electron chi connectivity index (χ3n) is 5.38. The zero-order chi connectivity index (χ0) is 18.5. The average Bonchev–Trinajstić information content (AvgIpc) is 3.30. The topological polar surface area (TPSA) is 60.9 Å². The third-order valence-corrected chi connectivity index (χ3v) is 5.38. The number of rotatable bonds is 3. The van der Waals surface area contributed by atoms with E-state index in [-0.39, 0.29) is 12.1 Å². The lowest BCUT2D eigenvalue weighted by molar-refractivity contribution is -0.137. The molecule has 0 radical (unpaired) electrons. The highest BCUT2D eigenvalue weighted by molar-refractivity contribution is 5.30. The van der Waals surface area contributed by atoms with Gasteiger partial charge in [-0.25, -0.2) is 4.98 Å². The first-order valence-corrected chi connectivity index (χ1v) is 8.95. The lowest BCUT2D eigenvalue weighted by atomic mass is 9.78. The van der Waals surface area contributed by atoms with Crippen molar-refractivity contribution >= 4 is 0 Å². The number of imidazole rings is 1. The van der Waals surface area contributed by atoms with E-state index in [0.717, 1.165) is 36.5 Å². The number of hydrogen-bond donors (Lipinski definition) is 3. The second kappa shape index (κ2) is 6.09. The molecule has 1 aromatic carbocycles. The van der Waals surface area contributed by atoms with Crippen molar-refractivity contribution in [2.45, 2.75) is 62.4 Å². The summed E-state index contributed by atoms with van der Waals surface area (Å²) in [5.74, 6) is 1.50. The molecule has 7 heteroatoms. The van der Waals surface area contributed by atoms with Gasteiger partial charge in [-0.15, -0.1) is 0 Å². The Morgan fingerprint density at radius 1 is 1.15 bits per heavy atom. The number of nitrogens with one attached hydrogen (secondary N) is 2. The van der Waals surface area contributed by atoms with Crippen LogP contribution in [0.3, 0.4) is 0 Å². The molecule has 3 N–H and O–H groups in total. The molecule has 1 saturated heterocycles. The average molecular weight is 365 g/mol. The fourth-order valence-electron chi connectivity index (χ4n) is 3.89. The van der Waals surface area contributed by atoms with Crippen LogP contribution in [0.4, 0.5) is 13.2 Å². The maximum Gasteiger partial charge on any atom is 0.416 e. The summed E-state index contributed by atoms with van der Waals surface area (Å²) < 4.78 is 38.4. The Kier molecular flexibility index (Phi) is 4.11. The minimum Gasteiger partial charge on any atom is -0.385 e. The molecule has 140 valence electrons. The largest absolute Gasteiger partial charge is 0.416 e. The lowest BCUT2D eigenvalue weighted by Crippen LogP contribution is -2.47. The first-order chi connectivity index (χ1) is 12.2. The molecule has 0 bridgehead atoms. The fourth-order valence-corrected chi connectivity index (χ4v) is 3.89. The van der Waals surface area contributed by atoms with Gasteiger partial charge in [-0.05, 0) is 43.9 Å². The van der Waals surface area contributed by atoms with Gasteiger partial charge >= 0.3 is 6.18 Å². The number of benzene rings is 1. The minimum atomic E-state index is -4.37. The first kappa shape index (κ1) is 17.5. The monoisotopic (exact) mass is 365 g/mol. The summed E-state index contributed by atoms with van der Waals surface area (Å²) in [4.78, 5) is 7.79. The second-order valence-electron chi connectivity index (χ2n) is 7.63. The normalized spacial score (nSPS) is 29.7. The molecule has 4 rings (SSSR count). The van der Waals surface area contributed by atoms with E-state index in [9.17, 15) is 18.3 Å². The van der Waals surface area contributed by atoms with E-state index < -0.39 is 17.3 Å². The second-order valence-corrected chi connectivity index (χ2v) is 7.63. The van der Waals surface area contributed by atoms with Gasteiger partial charge in [0.25, 0.3) is 0 Å². The SMILES string of the molecule is C[C@H]1CC(O)(c2ccc(C(F)(F)F)cc2)C[C@@H](c2cnc(C3CC3)[nH]2)N1. The number of aromatic amines is 1. The van der Waals surface area contributed by atoms with Gasteiger partial charge in [0.05, 0.1) is 22.9 Å². The summed E-state index contributed by atoms with van der Waals surface area (Å²) >= 11 is 0. The molecule has 2 aliphatic rings. The number of nitrogens with zero attached hydrogens (tertiary/aromatic N) is 1. The van der Waals surface area contributed by atoms with Gasteiger partial charge in [-0.3, -0.25) is 0 Å². The van der Waals surface area contributed by atoms with Crippen LogP contribution < -0.4 is 5.32 Å². The minimum absolute atomic E-state index is 0.0220. The van der Waals surface area contributed by atoms with E-state index >= 15 is 0 Å². The quantitative estimate of drug-likeness (QED) is 0.770. The number of hydrogen-bond acceptors (Lipinski definition) is 3. The van der Waals surface area contributed by atoms with Crippen LogP contribution in [0.2, 0.25) is 0 Å². The lowest BCUT2D eigenvalue weighted by Gasteiger charge is -2.41. The van der Waals surface area contributed by atoms with Gasteiger partial charge in [0.1, 0.15) is 5.82 Å². The predicted molar refractivity (Wildman–Crippen MR) is 90.5 cm³/mol. The van der Waals surface area contributed by atoms with E-state index in [1.807, 2.05) is 6.92 Å². The van der Waals surface area contributed by atoms with Crippen LogP contribution >= 0.6 is 0 Å². The maximum atomic E-state index is 12.8. The molecule has 2 aromatic rings. The van der Waals surface area contributed by atoms with Crippen LogP contribution in [0.5, 0.6) is 0 Å². The third kappa shape index (κ3) is 3.38. The van der Waals surface area contributed by atoms with Crippen LogP contribution in [-0.2, 0) is 11.8 Å². The fraction of sp³-hybridized carbons (Fsp3) is 0.526. The van der Waals surface area contributed by atoms with Crippen molar-refractivity contribution in [3.8, 4) is 0 Å². The number of aliphatic hydroxyl groups is 1. The molecular weight excluding hydrogens is 343 g/mol. The van der Waals surface area contributed by atoms with Crippen molar-refractivity contribution in [3.63, 3.8) is 0 Å². The molecule has 0 spiro atoms. The van der Waals surface area contributed by atoms with Gasteiger partial charge in [-0.2, -0.15) is 13.2 Å². The standard InChI is InChI=1S/C19H22F3N3O/c1-11-8-18(26,13-4-6-14(7-5-13)19(20,21)22)9-15(24-11)16-10-23-17(25-16)12-2-3-12/h4-7,10-12,15,24,26H,2-3,8-9H2,1H3,(H,23,25)/t11-,15-,18?/m0/s1. The summed E-state index contributed by atoms with van der Waals surface area (Å²) in [5, 5.41) is 14.7. The van der Waals surface area contributed by atoms with Crippen LogP contribution in [0.25, 0.3) is 0 Å². The predicted octanol–water partition coefficient (Wildman–Crippen LogP) is 4.01. The van der Waals surface area contributed by atoms with E-state index in [4.69, 9.17) is 0 Å². The summed E-state index contributed by atoms with van der Waals surface area (Å²) in [6, 6.07) is 4.76. The van der Waals surface area contributed by atoms with E-state index in [2.05, 4.69) is 15.3 Å². The number of H-pyrrole nitrogens is 1. The van der Waals surface area contributed by atoms with Gasteiger partial charge in [-0.1, -0.05) is 12.1 Å². The molecule has 0 amide bonds. The molecule has 1 aromatic heterocycles. The van der Waals surface area contributed by atoms with Crippen LogP contribution in [0.1, 0.15) is 67.2 Å². The number of piperidine rings is 1. The maximum absolute atomic E-state index is 12.8. The highest BCUT2D eigenvalue weighted by atomic mass is 19.4. The zero-order valence-corrected chi connectivity index (χ0v) is 14.5. The van der Waals surface area contributed by atoms with E-state index in [1.165, 1.54) is 12.1 Å². The molecule has 1 saturated carbocycles. The number of alkyl halides is 3. The molecule has 4 nitrogen and oxygen atoms in total. The Bertz CT molecular complexity index is 782. The molecule has 1 unspecified atom stereocenters. The molecule has 1 aliphatic carbocycles. The Morgan fingerprint density at radius 3 is 2.46 bits per heavy atom. The highest BCUT2D eigenvalue weighted by Gasteiger charge is 2.41. The van der Waals surface area contributed by atoms with Crippen LogP contribution in [0.15, 0.2) is 30.5 Å². The Balaban J connectivity index is 1.58. The summed E-state index contributed by atoms with van der Waals surface area (Å²) in [5.41, 5.74) is -0.440. The molecule has 26 heavy (non-hydrogen) atoms. The molecule has 2 fully saturated rings. The van der Waals surface area contributed by atoms with E-state index in [0.29, 0.717) is 24.3 Å². The summed E-state index contributed by atoms with van der Waals surface area (Å²) in [7, 11) is 0. The van der Waals surface area contributed by atoms with Gasteiger partial charge < -0.3 is 15.4 Å². The van der Waals surface area contributed by atoms with Crippen molar-refractivity contribution in [1.29, 1.82) is 0 Å². The van der Waals surface area contributed by atoms with E-state index in [1.54, 1.807) is 6.20 Å². The smallest absolute Gasteiger partial charge is 0.385 e. The first-order valence-electron chi connectivity index (χ1n) is 8.95. The van der Waals surface area contributed by atoms with Gasteiger partial charge in [0.2, 0.25) is 0 Å². The van der Waals surface area contributed by atoms with Crippen LogP contribution in [0, 0.1) is 0 Å². The van der Waals surface area contributed by atoms with Gasteiger partial charge in [0.15, 0.2) is 0 Å². The zero-order valence-electron chi connectivity index (χ0n) is 14.5. The van der Waals surface area contributed by atoms with Crippen molar-refractivity contribution in [2.24, 2.45) is 0 Å². The molecular formula is C19H22F3N3O. The molecule has 2 heterocycles. The molecule has 1 aliphatic heterocycles. The van der Waals surface area contributed by atoms with Crippen molar-refractivity contribution in [3.05, 3.63) is 53.1 Å². The highest BCUT2D eigenvalue weighted by Crippen LogP contribution is 2.42. The van der Waals surface area contributed by atoms with Crippen molar-refractivity contribution < 1.29 is 18.3 Å². The number of halogens is 3. The van der Waals surface area contributed by atoms with Gasteiger partial charge in [0, 0.05) is 24.6 Å². The Labute approximate surface area is 149 Å². The summed E-state index contributed by atoms with van der Waals surface area (Å²) in [6.45, 7) is 1.97. The number of aromatic nitrogens is 2. The Hall–Kier alpha value is -1.86.